The maximum atomic E-state index is 12.9. The van der Waals surface area contributed by atoms with Crippen molar-refractivity contribution in [3.05, 3.63) is 64.7 Å². The number of carbonyl (C=O) groups is 3. The Morgan fingerprint density at radius 1 is 1.15 bits per heavy atom. The average molecular weight is 386 g/mol. The Morgan fingerprint density at radius 3 is 2.44 bits per heavy atom. The number of rotatable bonds is 5. The summed E-state index contributed by atoms with van der Waals surface area (Å²) in [5.74, 6) is -0.969. The van der Waals surface area contributed by atoms with Crippen molar-refractivity contribution in [2.45, 2.75) is 25.8 Å². The van der Waals surface area contributed by atoms with Gasteiger partial charge in [-0.05, 0) is 37.1 Å². The van der Waals surface area contributed by atoms with Gasteiger partial charge in [-0.15, -0.1) is 0 Å². The largest absolute Gasteiger partial charge is 0.325 e. The zero-order valence-electron chi connectivity index (χ0n) is 15.1. The molecule has 2 N–H and O–H groups in total. The third-order valence-electron chi connectivity index (χ3n) is 4.64. The van der Waals surface area contributed by atoms with E-state index in [9.17, 15) is 14.4 Å². The minimum Gasteiger partial charge on any atom is -0.325 e. The molecule has 1 aliphatic rings. The molecule has 0 aromatic heterocycles. The van der Waals surface area contributed by atoms with Crippen LogP contribution in [0, 0.1) is 0 Å². The van der Waals surface area contributed by atoms with Crippen molar-refractivity contribution >= 4 is 35.1 Å². The van der Waals surface area contributed by atoms with Gasteiger partial charge < -0.3 is 10.6 Å². The molecule has 1 heterocycles. The summed E-state index contributed by atoms with van der Waals surface area (Å²) >= 11 is 6.19. The maximum absolute atomic E-state index is 12.9. The van der Waals surface area contributed by atoms with Crippen LogP contribution in [0.4, 0.5) is 10.5 Å². The van der Waals surface area contributed by atoms with Gasteiger partial charge in [0.05, 0.1) is 0 Å². The van der Waals surface area contributed by atoms with E-state index in [-0.39, 0.29) is 6.54 Å². The Kier molecular flexibility index (Phi) is 5.19. The zero-order valence-corrected chi connectivity index (χ0v) is 15.8. The molecule has 0 aliphatic carbocycles. The first-order chi connectivity index (χ1) is 12.8. The van der Waals surface area contributed by atoms with Gasteiger partial charge in [-0.25, -0.2) is 4.79 Å². The summed E-state index contributed by atoms with van der Waals surface area (Å²) in [5.41, 5.74) is 0.942. The molecule has 7 heteroatoms. The Balaban J connectivity index is 1.73. The molecule has 6 nitrogen and oxygen atoms in total. The van der Waals surface area contributed by atoms with Gasteiger partial charge >= 0.3 is 6.03 Å². The third kappa shape index (κ3) is 3.66. The second-order valence-electron chi connectivity index (χ2n) is 6.52. The number of nitrogens with one attached hydrogen (secondary N) is 2. The molecule has 1 saturated heterocycles. The summed E-state index contributed by atoms with van der Waals surface area (Å²) in [6.45, 7) is 3.25. The van der Waals surface area contributed by atoms with Crippen molar-refractivity contribution < 1.29 is 14.4 Å². The van der Waals surface area contributed by atoms with Crippen LogP contribution in [0.3, 0.4) is 0 Å². The Hall–Kier alpha value is -2.86. The van der Waals surface area contributed by atoms with Crippen molar-refractivity contribution in [3.8, 4) is 0 Å². The minimum absolute atomic E-state index is 0.371. The molecule has 0 unspecified atom stereocenters. The fraction of sp³-hybridized carbons (Fsp3) is 0.250. The van der Waals surface area contributed by atoms with E-state index in [4.69, 9.17) is 11.6 Å². The second kappa shape index (κ2) is 7.40. The van der Waals surface area contributed by atoms with Crippen molar-refractivity contribution in [1.29, 1.82) is 0 Å². The number of hydrogen-bond donors (Lipinski definition) is 2. The van der Waals surface area contributed by atoms with Crippen LogP contribution in [-0.4, -0.2) is 29.3 Å². The van der Waals surface area contributed by atoms with Gasteiger partial charge in [0.25, 0.3) is 5.91 Å². The summed E-state index contributed by atoms with van der Waals surface area (Å²) in [5, 5.41) is 5.72. The molecule has 0 radical (unpaired) electrons. The monoisotopic (exact) mass is 385 g/mol. The van der Waals surface area contributed by atoms with Gasteiger partial charge in [0.2, 0.25) is 5.91 Å². The number of halogens is 1. The highest BCUT2D eigenvalue weighted by molar-refractivity contribution is 6.32. The predicted octanol–water partition coefficient (Wildman–Crippen LogP) is 3.31. The first kappa shape index (κ1) is 18.9. The van der Waals surface area contributed by atoms with Gasteiger partial charge in [-0.2, -0.15) is 0 Å². The van der Waals surface area contributed by atoms with Crippen molar-refractivity contribution in [1.82, 2.24) is 10.2 Å². The van der Waals surface area contributed by atoms with Crippen molar-refractivity contribution in [3.63, 3.8) is 0 Å². The van der Waals surface area contributed by atoms with Crippen LogP contribution in [-0.2, 0) is 21.5 Å². The van der Waals surface area contributed by atoms with Crippen molar-refractivity contribution in [2.24, 2.45) is 0 Å². The van der Waals surface area contributed by atoms with E-state index < -0.39 is 23.4 Å². The zero-order chi connectivity index (χ0) is 19.6. The van der Waals surface area contributed by atoms with Gasteiger partial charge in [0, 0.05) is 16.3 Å². The number of urea groups is 1. The summed E-state index contributed by atoms with van der Waals surface area (Å²) in [6.07, 6.45) is 0.900. The first-order valence-corrected chi connectivity index (χ1v) is 9.01. The number of imide groups is 1. The molecular weight excluding hydrogens is 366 g/mol. The predicted molar refractivity (Wildman–Crippen MR) is 103 cm³/mol. The number of hydrogen-bond acceptors (Lipinski definition) is 3. The Morgan fingerprint density at radius 2 is 1.81 bits per heavy atom. The molecule has 0 spiro atoms. The molecule has 1 atom stereocenters. The molecule has 140 valence electrons. The number of aryl methyl sites for hydroxylation is 1. The van der Waals surface area contributed by atoms with E-state index >= 15 is 0 Å². The lowest BCUT2D eigenvalue weighted by Crippen LogP contribution is -2.42. The highest BCUT2D eigenvalue weighted by Crippen LogP contribution is 2.33. The molecule has 2 aromatic rings. The van der Waals surface area contributed by atoms with Crippen LogP contribution >= 0.6 is 11.6 Å². The van der Waals surface area contributed by atoms with Crippen molar-refractivity contribution in [2.75, 3.05) is 11.9 Å². The molecule has 3 rings (SSSR count). The quantitative estimate of drug-likeness (QED) is 0.775. The van der Waals surface area contributed by atoms with E-state index in [1.54, 1.807) is 43.3 Å². The lowest BCUT2D eigenvalue weighted by Gasteiger charge is -2.23. The summed E-state index contributed by atoms with van der Waals surface area (Å²) in [7, 11) is 0. The standard InChI is InChI=1S/C20H20ClN3O3/c1-3-13-8-10-14(11-9-13)22-17(25)12-24-18(26)20(2,23-19(24)27)15-6-4-5-7-16(15)21/h4-11H,3,12H2,1-2H3,(H,22,25)(H,23,27)/t20-/m0/s1. The third-order valence-corrected chi connectivity index (χ3v) is 4.96. The van der Waals surface area contributed by atoms with Gasteiger partial charge in [-0.3, -0.25) is 14.5 Å². The fourth-order valence-electron chi connectivity index (χ4n) is 3.06. The van der Waals surface area contributed by atoms with E-state index in [0.717, 1.165) is 16.9 Å². The average Bonchev–Trinajstić information content (AvgIpc) is 2.86. The number of carbonyl (C=O) groups excluding carboxylic acids is 3. The smallest absolute Gasteiger partial charge is 0.325 e. The first-order valence-electron chi connectivity index (χ1n) is 8.63. The minimum atomic E-state index is -1.31. The van der Waals surface area contributed by atoms with Crippen LogP contribution in [0.15, 0.2) is 48.5 Å². The molecule has 0 saturated carbocycles. The molecule has 1 fully saturated rings. The van der Waals surface area contributed by atoms with E-state index in [0.29, 0.717) is 16.3 Å². The fourth-order valence-corrected chi connectivity index (χ4v) is 3.38. The van der Waals surface area contributed by atoms with E-state index in [1.165, 1.54) is 0 Å². The van der Waals surface area contributed by atoms with Crippen LogP contribution in [0.5, 0.6) is 0 Å². The maximum Gasteiger partial charge on any atom is 0.325 e. The summed E-state index contributed by atoms with van der Waals surface area (Å²) < 4.78 is 0. The number of nitrogens with zero attached hydrogens (tertiary/aromatic N) is 1. The van der Waals surface area contributed by atoms with Gasteiger partial charge in [0.15, 0.2) is 0 Å². The van der Waals surface area contributed by atoms with Gasteiger partial charge in [0.1, 0.15) is 12.1 Å². The highest BCUT2D eigenvalue weighted by atomic mass is 35.5. The lowest BCUT2D eigenvalue weighted by atomic mass is 9.92. The van der Waals surface area contributed by atoms with Crippen LogP contribution in [0.25, 0.3) is 0 Å². The van der Waals surface area contributed by atoms with Crippen LogP contribution < -0.4 is 10.6 Å². The van der Waals surface area contributed by atoms with Crippen LogP contribution in [0.1, 0.15) is 25.0 Å². The Labute approximate surface area is 162 Å². The SMILES string of the molecule is CCc1ccc(NC(=O)CN2C(=O)N[C@@](C)(c3ccccc3Cl)C2=O)cc1. The number of benzene rings is 2. The normalized spacial score (nSPS) is 19.1. The molecule has 4 amide bonds. The number of anilines is 1. The molecule has 0 bridgehead atoms. The second-order valence-corrected chi connectivity index (χ2v) is 6.93. The number of amides is 4. The van der Waals surface area contributed by atoms with E-state index in [1.807, 2.05) is 19.1 Å². The molecule has 1 aliphatic heterocycles. The van der Waals surface area contributed by atoms with Crippen LogP contribution in [0.2, 0.25) is 5.02 Å². The topological polar surface area (TPSA) is 78.5 Å². The molecule has 2 aromatic carbocycles. The van der Waals surface area contributed by atoms with Gasteiger partial charge in [-0.1, -0.05) is 48.9 Å². The highest BCUT2D eigenvalue weighted by Gasteiger charge is 2.50. The summed E-state index contributed by atoms with van der Waals surface area (Å²) in [4.78, 5) is 38.4. The van der Waals surface area contributed by atoms with E-state index in [2.05, 4.69) is 10.6 Å². The Bertz CT molecular complexity index is 898. The lowest BCUT2D eigenvalue weighted by molar-refractivity contribution is -0.133. The summed E-state index contributed by atoms with van der Waals surface area (Å²) in [6, 6.07) is 13.6. The molecule has 27 heavy (non-hydrogen) atoms. The molecular formula is C20H20ClN3O3.